The van der Waals surface area contributed by atoms with Crippen LogP contribution in [-0.2, 0) is 4.74 Å². The van der Waals surface area contributed by atoms with Crippen molar-refractivity contribution < 1.29 is 14.3 Å². The highest BCUT2D eigenvalue weighted by Gasteiger charge is 2.20. The molecule has 0 amide bonds. The van der Waals surface area contributed by atoms with Gasteiger partial charge in [-0.2, -0.15) is 0 Å². The van der Waals surface area contributed by atoms with Gasteiger partial charge in [0.05, 0.1) is 23.8 Å². The third-order valence-electron chi connectivity index (χ3n) is 3.60. The number of methoxy groups -OCH3 is 1. The lowest BCUT2D eigenvalue weighted by molar-refractivity contribution is 0.0519. The summed E-state index contributed by atoms with van der Waals surface area (Å²) < 4.78 is 12.7. The van der Waals surface area contributed by atoms with E-state index < -0.39 is 5.97 Å². The Morgan fingerprint density at radius 1 is 1.32 bits per heavy atom. The van der Waals surface area contributed by atoms with Gasteiger partial charge in [-0.1, -0.05) is 23.2 Å². The monoisotopic (exact) mass is 442 g/mol. The van der Waals surface area contributed by atoms with Gasteiger partial charge in [0.25, 0.3) is 0 Å². The first-order chi connectivity index (χ1) is 12.0. The van der Waals surface area contributed by atoms with Crippen molar-refractivity contribution in [1.82, 2.24) is 9.38 Å². The minimum absolute atomic E-state index is 0.211. The standard InChI is InChI=1S/C17H13BrCl2N2O3/c1-3-25-17(23)15-16(18)22-7-6-9(8-12(22)21-15)13-11(24-2)5-4-10(19)14(13)20/h4-8H,3H2,1-2H3. The summed E-state index contributed by atoms with van der Waals surface area (Å²) in [6.45, 7) is 2.02. The summed E-state index contributed by atoms with van der Waals surface area (Å²) in [5.41, 5.74) is 2.20. The molecule has 0 saturated carbocycles. The van der Waals surface area contributed by atoms with Gasteiger partial charge in [0.15, 0.2) is 5.69 Å². The lowest BCUT2D eigenvalue weighted by atomic mass is 10.1. The van der Waals surface area contributed by atoms with Gasteiger partial charge in [-0.05, 0) is 52.7 Å². The predicted octanol–water partition coefficient (Wildman–Crippen LogP) is 5.26. The molecule has 1 aromatic carbocycles. The van der Waals surface area contributed by atoms with E-state index in [1.165, 1.54) is 0 Å². The van der Waals surface area contributed by atoms with Crippen molar-refractivity contribution in [2.45, 2.75) is 6.92 Å². The van der Waals surface area contributed by atoms with E-state index in [2.05, 4.69) is 20.9 Å². The van der Waals surface area contributed by atoms with Crippen LogP contribution in [0, 0.1) is 0 Å². The third kappa shape index (κ3) is 3.21. The number of ether oxygens (including phenoxy) is 2. The Morgan fingerprint density at radius 3 is 2.76 bits per heavy atom. The van der Waals surface area contributed by atoms with E-state index in [4.69, 9.17) is 32.7 Å². The molecule has 0 atom stereocenters. The lowest BCUT2D eigenvalue weighted by Crippen LogP contribution is -2.05. The Hall–Kier alpha value is -1.76. The van der Waals surface area contributed by atoms with Crippen molar-refractivity contribution >= 4 is 50.7 Å². The Morgan fingerprint density at radius 2 is 2.08 bits per heavy atom. The quantitative estimate of drug-likeness (QED) is 0.516. The largest absolute Gasteiger partial charge is 0.496 e. The number of carbonyl (C=O) groups excluding carboxylic acids is 1. The molecule has 2 heterocycles. The second kappa shape index (κ2) is 7.23. The van der Waals surface area contributed by atoms with E-state index >= 15 is 0 Å². The van der Waals surface area contributed by atoms with Gasteiger partial charge >= 0.3 is 5.97 Å². The predicted molar refractivity (Wildman–Crippen MR) is 101 cm³/mol. The first-order valence-corrected chi connectivity index (χ1v) is 8.89. The highest BCUT2D eigenvalue weighted by atomic mass is 79.9. The van der Waals surface area contributed by atoms with Crippen LogP contribution in [0.1, 0.15) is 17.4 Å². The number of hydrogen-bond donors (Lipinski definition) is 0. The van der Waals surface area contributed by atoms with Crippen LogP contribution in [0.3, 0.4) is 0 Å². The Kier molecular flexibility index (Phi) is 5.22. The number of carbonyl (C=O) groups is 1. The van der Waals surface area contributed by atoms with Crippen molar-refractivity contribution in [3.63, 3.8) is 0 Å². The molecule has 0 bridgehead atoms. The zero-order valence-electron chi connectivity index (χ0n) is 13.3. The molecule has 0 aliphatic heterocycles. The van der Waals surface area contributed by atoms with Gasteiger partial charge in [0.2, 0.25) is 0 Å². The summed E-state index contributed by atoms with van der Waals surface area (Å²) in [5, 5.41) is 0.815. The lowest BCUT2D eigenvalue weighted by Gasteiger charge is -2.12. The molecule has 0 N–H and O–H groups in total. The fourth-order valence-electron chi connectivity index (χ4n) is 2.47. The van der Waals surface area contributed by atoms with Crippen LogP contribution in [0.25, 0.3) is 16.8 Å². The van der Waals surface area contributed by atoms with Crippen LogP contribution in [0.15, 0.2) is 35.1 Å². The van der Waals surface area contributed by atoms with Crippen molar-refractivity contribution in [3.05, 3.63) is 50.8 Å². The van der Waals surface area contributed by atoms with Crippen LogP contribution >= 0.6 is 39.1 Å². The maximum atomic E-state index is 12.0. The van der Waals surface area contributed by atoms with E-state index in [1.54, 1.807) is 42.8 Å². The van der Waals surface area contributed by atoms with Crippen LogP contribution in [0.5, 0.6) is 5.75 Å². The molecule has 2 aromatic heterocycles. The molecule has 0 fully saturated rings. The first-order valence-electron chi connectivity index (χ1n) is 7.35. The number of rotatable bonds is 4. The number of aromatic nitrogens is 2. The number of esters is 1. The highest BCUT2D eigenvalue weighted by Crippen LogP contribution is 2.41. The van der Waals surface area contributed by atoms with Crippen LogP contribution in [-0.4, -0.2) is 29.1 Å². The molecule has 0 aliphatic rings. The van der Waals surface area contributed by atoms with E-state index in [0.29, 0.717) is 31.6 Å². The molecule has 25 heavy (non-hydrogen) atoms. The summed E-state index contributed by atoms with van der Waals surface area (Å²) in [6, 6.07) is 7.07. The van der Waals surface area contributed by atoms with Gasteiger partial charge in [-0.25, -0.2) is 9.78 Å². The SMILES string of the molecule is CCOC(=O)c1nc2cc(-c3c(OC)ccc(Cl)c3Cl)ccn2c1Br. The van der Waals surface area contributed by atoms with Crippen LogP contribution in [0.4, 0.5) is 0 Å². The number of fused-ring (bicyclic) bond motifs is 1. The number of nitrogens with zero attached hydrogens (tertiary/aromatic N) is 2. The first kappa shape index (κ1) is 18.0. The molecule has 8 heteroatoms. The number of benzene rings is 1. The zero-order chi connectivity index (χ0) is 18.1. The average molecular weight is 444 g/mol. The number of pyridine rings is 1. The number of hydrogen-bond acceptors (Lipinski definition) is 4. The van der Waals surface area contributed by atoms with Gasteiger partial charge < -0.3 is 9.47 Å². The second-order valence-electron chi connectivity index (χ2n) is 5.05. The minimum Gasteiger partial charge on any atom is -0.496 e. The minimum atomic E-state index is -0.488. The van der Waals surface area contributed by atoms with Crippen LogP contribution < -0.4 is 4.74 Å². The molecule has 0 spiro atoms. The molecule has 0 unspecified atom stereocenters. The maximum Gasteiger partial charge on any atom is 0.359 e. The third-order valence-corrected chi connectivity index (χ3v) is 5.16. The van der Waals surface area contributed by atoms with Gasteiger partial charge in [0, 0.05) is 11.8 Å². The summed E-state index contributed by atoms with van der Waals surface area (Å²) in [5.74, 6) is 0.105. The van der Waals surface area contributed by atoms with Crippen molar-refractivity contribution in [2.75, 3.05) is 13.7 Å². The van der Waals surface area contributed by atoms with Gasteiger partial charge in [0.1, 0.15) is 16.0 Å². The molecule has 0 radical (unpaired) electrons. The van der Waals surface area contributed by atoms with E-state index in [0.717, 1.165) is 5.56 Å². The summed E-state index contributed by atoms with van der Waals surface area (Å²) in [6.07, 6.45) is 1.78. The molecule has 3 rings (SSSR count). The van der Waals surface area contributed by atoms with Crippen LogP contribution in [0.2, 0.25) is 10.0 Å². The molecule has 5 nitrogen and oxygen atoms in total. The Bertz CT molecular complexity index is 972. The van der Waals surface area contributed by atoms with E-state index in [-0.39, 0.29) is 12.3 Å². The molecule has 0 aliphatic carbocycles. The second-order valence-corrected chi connectivity index (χ2v) is 6.59. The Labute approximate surface area is 162 Å². The number of halogens is 3. The normalized spacial score (nSPS) is 10.9. The zero-order valence-corrected chi connectivity index (χ0v) is 16.4. The van der Waals surface area contributed by atoms with Crippen molar-refractivity contribution in [2.24, 2.45) is 0 Å². The number of imidazole rings is 1. The molecule has 0 saturated heterocycles. The summed E-state index contributed by atoms with van der Waals surface area (Å²) >= 11 is 15.9. The summed E-state index contributed by atoms with van der Waals surface area (Å²) in [4.78, 5) is 16.4. The molecular weight excluding hydrogens is 431 g/mol. The molecule has 130 valence electrons. The fraction of sp³-hybridized carbons (Fsp3) is 0.176. The molecular formula is C17H13BrCl2N2O3. The van der Waals surface area contributed by atoms with Gasteiger partial charge in [-0.3, -0.25) is 4.40 Å². The maximum absolute atomic E-state index is 12.0. The smallest absolute Gasteiger partial charge is 0.359 e. The average Bonchev–Trinajstić information content (AvgIpc) is 2.93. The fourth-order valence-corrected chi connectivity index (χ4v) is 3.44. The van der Waals surface area contributed by atoms with E-state index in [9.17, 15) is 4.79 Å². The molecule has 3 aromatic rings. The summed E-state index contributed by atoms with van der Waals surface area (Å²) in [7, 11) is 1.56. The van der Waals surface area contributed by atoms with Crippen molar-refractivity contribution in [1.29, 1.82) is 0 Å². The van der Waals surface area contributed by atoms with Gasteiger partial charge in [-0.15, -0.1) is 0 Å². The highest BCUT2D eigenvalue weighted by molar-refractivity contribution is 9.10. The van der Waals surface area contributed by atoms with E-state index in [1.807, 2.05) is 6.07 Å². The Balaban J connectivity index is 2.18. The topological polar surface area (TPSA) is 52.8 Å². The van der Waals surface area contributed by atoms with Crippen molar-refractivity contribution in [3.8, 4) is 16.9 Å².